The summed E-state index contributed by atoms with van der Waals surface area (Å²) in [7, 11) is 2.21. The molecule has 1 aliphatic heterocycles. The van der Waals surface area contributed by atoms with E-state index >= 15 is 0 Å². The number of nitrogens with zero attached hydrogens (tertiary/aromatic N) is 1. The van der Waals surface area contributed by atoms with Crippen LogP contribution in [0.15, 0.2) is 0 Å². The van der Waals surface area contributed by atoms with Crippen LogP contribution in [0.1, 0.15) is 40.5 Å². The number of hydrogen-bond donors (Lipinski definition) is 2. The van der Waals surface area contributed by atoms with Gasteiger partial charge in [0.1, 0.15) is 0 Å². The molecule has 0 amide bonds. The summed E-state index contributed by atoms with van der Waals surface area (Å²) in [5.74, 6) is 1.29. The Hall–Kier alpha value is -0.120. The molecule has 3 nitrogen and oxygen atoms in total. The monoisotopic (exact) mass is 256 g/mol. The first-order chi connectivity index (χ1) is 8.36. The molecule has 0 aliphatic carbocycles. The van der Waals surface area contributed by atoms with E-state index in [1.165, 1.54) is 25.9 Å². The molecule has 0 saturated carbocycles. The summed E-state index contributed by atoms with van der Waals surface area (Å²) in [6.07, 6.45) is 2.60. The van der Waals surface area contributed by atoms with E-state index in [1.54, 1.807) is 0 Å². The molecule has 18 heavy (non-hydrogen) atoms. The lowest BCUT2D eigenvalue weighted by Gasteiger charge is -2.40. The zero-order chi connectivity index (χ0) is 13.8. The average molecular weight is 256 g/mol. The van der Waals surface area contributed by atoms with Gasteiger partial charge in [0.05, 0.1) is 6.61 Å². The van der Waals surface area contributed by atoms with Crippen LogP contribution in [0.5, 0.6) is 0 Å². The lowest BCUT2D eigenvalue weighted by Crippen LogP contribution is -2.46. The molecule has 0 aromatic carbocycles. The maximum atomic E-state index is 9.37. The molecule has 0 spiro atoms. The highest BCUT2D eigenvalue weighted by Crippen LogP contribution is 2.34. The van der Waals surface area contributed by atoms with E-state index in [0.29, 0.717) is 11.3 Å². The Morgan fingerprint density at radius 1 is 1.28 bits per heavy atom. The number of rotatable bonds is 6. The minimum atomic E-state index is 0.232. The fraction of sp³-hybridized carbons (Fsp3) is 1.00. The van der Waals surface area contributed by atoms with Crippen LogP contribution >= 0.6 is 0 Å². The minimum Gasteiger partial charge on any atom is -0.395 e. The molecule has 3 heteroatoms. The molecular weight excluding hydrogens is 224 g/mol. The van der Waals surface area contributed by atoms with Crippen molar-refractivity contribution in [1.82, 2.24) is 10.2 Å². The van der Waals surface area contributed by atoms with Crippen molar-refractivity contribution >= 4 is 0 Å². The van der Waals surface area contributed by atoms with E-state index in [2.05, 4.69) is 45.0 Å². The number of likely N-dealkylation sites (tertiary alicyclic amines) is 1. The van der Waals surface area contributed by atoms with E-state index in [-0.39, 0.29) is 12.6 Å². The fourth-order valence-electron chi connectivity index (χ4n) is 2.84. The van der Waals surface area contributed by atoms with Crippen LogP contribution in [0, 0.1) is 17.3 Å². The van der Waals surface area contributed by atoms with E-state index < -0.39 is 0 Å². The van der Waals surface area contributed by atoms with Gasteiger partial charge >= 0.3 is 0 Å². The van der Waals surface area contributed by atoms with Crippen LogP contribution < -0.4 is 5.32 Å². The molecule has 0 radical (unpaired) electrons. The average Bonchev–Trinajstić information content (AvgIpc) is 2.29. The summed E-state index contributed by atoms with van der Waals surface area (Å²) in [4.78, 5) is 2.42. The maximum absolute atomic E-state index is 9.37. The topological polar surface area (TPSA) is 35.5 Å². The van der Waals surface area contributed by atoms with Crippen LogP contribution in [-0.4, -0.2) is 49.3 Å². The van der Waals surface area contributed by atoms with Crippen molar-refractivity contribution in [2.45, 2.75) is 46.6 Å². The van der Waals surface area contributed by atoms with Crippen molar-refractivity contribution < 1.29 is 5.11 Å². The Kier molecular flexibility index (Phi) is 6.09. The molecule has 0 aromatic rings. The largest absolute Gasteiger partial charge is 0.395 e. The lowest BCUT2D eigenvalue weighted by molar-refractivity contribution is 0.102. The first-order valence-corrected chi connectivity index (χ1v) is 7.39. The molecular formula is C15H32N2O. The lowest BCUT2D eigenvalue weighted by atomic mass is 9.73. The fourth-order valence-corrected chi connectivity index (χ4v) is 2.84. The predicted octanol–water partition coefficient (Wildman–Crippen LogP) is 1.96. The van der Waals surface area contributed by atoms with Crippen molar-refractivity contribution in [2.75, 3.05) is 33.3 Å². The van der Waals surface area contributed by atoms with Crippen LogP contribution in [0.25, 0.3) is 0 Å². The maximum Gasteiger partial charge on any atom is 0.0587 e. The SMILES string of the molecule is CC(C)C(CO)NCC(C)(C)C1CCN(C)CC1. The molecule has 1 atom stereocenters. The number of aliphatic hydroxyl groups excluding tert-OH is 1. The van der Waals surface area contributed by atoms with Crippen LogP contribution in [0.4, 0.5) is 0 Å². The third-order valence-corrected chi connectivity index (χ3v) is 4.65. The van der Waals surface area contributed by atoms with Crippen LogP contribution in [0.3, 0.4) is 0 Å². The molecule has 1 rings (SSSR count). The zero-order valence-corrected chi connectivity index (χ0v) is 12.9. The third-order valence-electron chi connectivity index (χ3n) is 4.65. The Morgan fingerprint density at radius 2 is 1.83 bits per heavy atom. The Morgan fingerprint density at radius 3 is 2.28 bits per heavy atom. The van der Waals surface area contributed by atoms with Gasteiger partial charge in [-0.15, -0.1) is 0 Å². The zero-order valence-electron chi connectivity index (χ0n) is 12.9. The summed E-state index contributed by atoms with van der Waals surface area (Å²) < 4.78 is 0. The Bertz CT molecular complexity index is 233. The summed E-state index contributed by atoms with van der Waals surface area (Å²) in [6.45, 7) is 12.7. The molecule has 108 valence electrons. The van der Waals surface area contributed by atoms with Crippen molar-refractivity contribution in [3.05, 3.63) is 0 Å². The normalized spacial score (nSPS) is 21.5. The summed E-state index contributed by atoms with van der Waals surface area (Å²) in [5, 5.41) is 12.9. The van der Waals surface area contributed by atoms with Gasteiger partial charge in [-0.3, -0.25) is 0 Å². The molecule has 1 unspecified atom stereocenters. The molecule has 1 saturated heterocycles. The second-order valence-corrected chi connectivity index (χ2v) is 6.98. The molecule has 1 heterocycles. The first-order valence-electron chi connectivity index (χ1n) is 7.39. The number of aliphatic hydroxyl groups is 1. The van der Waals surface area contributed by atoms with Crippen molar-refractivity contribution in [3.8, 4) is 0 Å². The van der Waals surface area contributed by atoms with Gasteiger partial charge in [0, 0.05) is 12.6 Å². The summed E-state index contributed by atoms with van der Waals surface area (Å²) >= 11 is 0. The molecule has 1 aliphatic rings. The van der Waals surface area contributed by atoms with E-state index in [9.17, 15) is 5.11 Å². The van der Waals surface area contributed by atoms with E-state index in [4.69, 9.17) is 0 Å². The van der Waals surface area contributed by atoms with Gasteiger partial charge < -0.3 is 15.3 Å². The summed E-state index contributed by atoms with van der Waals surface area (Å²) in [6, 6.07) is 0.232. The number of nitrogens with one attached hydrogen (secondary N) is 1. The van der Waals surface area contributed by atoms with Gasteiger partial charge in [-0.2, -0.15) is 0 Å². The van der Waals surface area contributed by atoms with Gasteiger partial charge in [-0.1, -0.05) is 27.7 Å². The minimum absolute atomic E-state index is 0.232. The Labute approximate surface area is 113 Å². The first kappa shape index (κ1) is 15.9. The van der Waals surface area contributed by atoms with Gasteiger partial charge in [0.25, 0.3) is 0 Å². The van der Waals surface area contributed by atoms with Crippen molar-refractivity contribution in [2.24, 2.45) is 17.3 Å². The molecule has 0 aromatic heterocycles. The third kappa shape index (κ3) is 4.52. The van der Waals surface area contributed by atoms with Gasteiger partial charge in [-0.05, 0) is 50.2 Å². The highest BCUT2D eigenvalue weighted by molar-refractivity contribution is 4.86. The molecule has 2 N–H and O–H groups in total. The second-order valence-electron chi connectivity index (χ2n) is 6.98. The second kappa shape index (κ2) is 6.88. The molecule has 0 bridgehead atoms. The Balaban J connectivity index is 2.43. The predicted molar refractivity (Wildman–Crippen MR) is 77.7 cm³/mol. The highest BCUT2D eigenvalue weighted by atomic mass is 16.3. The number of piperidine rings is 1. The van der Waals surface area contributed by atoms with Crippen molar-refractivity contribution in [1.29, 1.82) is 0 Å². The van der Waals surface area contributed by atoms with Crippen LogP contribution in [0.2, 0.25) is 0 Å². The van der Waals surface area contributed by atoms with Crippen LogP contribution in [-0.2, 0) is 0 Å². The standard InChI is InChI=1S/C15H32N2O/c1-12(2)14(10-18)16-11-15(3,4)13-6-8-17(5)9-7-13/h12-14,16,18H,6-11H2,1-5H3. The van der Waals surface area contributed by atoms with E-state index in [0.717, 1.165) is 12.5 Å². The number of hydrogen-bond acceptors (Lipinski definition) is 3. The van der Waals surface area contributed by atoms with Gasteiger partial charge in [0.2, 0.25) is 0 Å². The smallest absolute Gasteiger partial charge is 0.0587 e. The van der Waals surface area contributed by atoms with E-state index in [1.807, 2.05) is 0 Å². The summed E-state index contributed by atoms with van der Waals surface area (Å²) in [5.41, 5.74) is 0.323. The van der Waals surface area contributed by atoms with Gasteiger partial charge in [-0.25, -0.2) is 0 Å². The highest BCUT2D eigenvalue weighted by Gasteiger charge is 2.32. The van der Waals surface area contributed by atoms with Gasteiger partial charge in [0.15, 0.2) is 0 Å². The quantitative estimate of drug-likeness (QED) is 0.762. The molecule has 1 fully saturated rings. The van der Waals surface area contributed by atoms with Crippen molar-refractivity contribution in [3.63, 3.8) is 0 Å².